The molecule has 2 aromatic rings. The lowest BCUT2D eigenvalue weighted by Gasteiger charge is -2.11. The standard InChI is InChI=1S/C16H18N2O3/c1-10-9-11(7-8-13(10)20-2)18-16(19)12-5-4-6-14(21-3)15(12)17/h4-9H,17H2,1-3H3,(H,18,19). The van der Waals surface area contributed by atoms with Crippen LogP contribution in [-0.4, -0.2) is 20.1 Å². The number of nitrogens with one attached hydrogen (secondary N) is 1. The number of nitrogen functional groups attached to an aromatic ring is 1. The van der Waals surface area contributed by atoms with Crippen LogP contribution >= 0.6 is 0 Å². The first kappa shape index (κ1) is 14.7. The van der Waals surface area contributed by atoms with Crippen LogP contribution in [0, 0.1) is 6.92 Å². The lowest BCUT2D eigenvalue weighted by atomic mass is 10.1. The maximum Gasteiger partial charge on any atom is 0.257 e. The molecule has 0 unspecified atom stereocenters. The van der Waals surface area contributed by atoms with Crippen molar-refractivity contribution in [3.63, 3.8) is 0 Å². The summed E-state index contributed by atoms with van der Waals surface area (Å²) < 4.78 is 10.3. The first-order chi connectivity index (χ1) is 10.1. The van der Waals surface area contributed by atoms with Gasteiger partial charge in [-0.1, -0.05) is 6.07 Å². The molecular formula is C16H18N2O3. The van der Waals surface area contributed by atoms with E-state index in [-0.39, 0.29) is 5.91 Å². The zero-order chi connectivity index (χ0) is 15.4. The molecule has 2 aromatic carbocycles. The summed E-state index contributed by atoms with van der Waals surface area (Å²) in [7, 11) is 3.12. The molecule has 0 bridgehead atoms. The second-order valence-corrected chi connectivity index (χ2v) is 4.56. The third kappa shape index (κ3) is 3.08. The molecular weight excluding hydrogens is 268 g/mol. The molecule has 3 N–H and O–H groups in total. The zero-order valence-corrected chi connectivity index (χ0v) is 12.3. The van der Waals surface area contributed by atoms with E-state index in [4.69, 9.17) is 15.2 Å². The number of aryl methyl sites for hydroxylation is 1. The number of para-hydroxylation sites is 1. The molecule has 21 heavy (non-hydrogen) atoms. The predicted octanol–water partition coefficient (Wildman–Crippen LogP) is 2.85. The van der Waals surface area contributed by atoms with E-state index in [2.05, 4.69) is 5.32 Å². The van der Waals surface area contributed by atoms with Crippen LogP contribution in [0.5, 0.6) is 11.5 Å². The predicted molar refractivity (Wildman–Crippen MR) is 83.1 cm³/mol. The van der Waals surface area contributed by atoms with Crippen LogP contribution in [0.2, 0.25) is 0 Å². The molecule has 0 heterocycles. The summed E-state index contributed by atoms with van der Waals surface area (Å²) in [4.78, 5) is 12.3. The van der Waals surface area contributed by atoms with Crippen molar-refractivity contribution < 1.29 is 14.3 Å². The van der Waals surface area contributed by atoms with Gasteiger partial charge in [-0.2, -0.15) is 0 Å². The van der Waals surface area contributed by atoms with E-state index in [9.17, 15) is 4.79 Å². The molecule has 0 fully saturated rings. The summed E-state index contributed by atoms with van der Waals surface area (Å²) in [5.41, 5.74) is 8.24. The monoisotopic (exact) mass is 286 g/mol. The smallest absolute Gasteiger partial charge is 0.257 e. The highest BCUT2D eigenvalue weighted by molar-refractivity contribution is 6.08. The highest BCUT2D eigenvalue weighted by atomic mass is 16.5. The van der Waals surface area contributed by atoms with E-state index in [1.54, 1.807) is 37.4 Å². The summed E-state index contributed by atoms with van der Waals surface area (Å²) in [5.74, 6) is 0.971. The number of carbonyl (C=O) groups is 1. The van der Waals surface area contributed by atoms with Gasteiger partial charge in [0.1, 0.15) is 11.5 Å². The number of hydrogen-bond donors (Lipinski definition) is 2. The van der Waals surface area contributed by atoms with Crippen molar-refractivity contribution in [2.24, 2.45) is 0 Å². The van der Waals surface area contributed by atoms with Crippen LogP contribution < -0.4 is 20.5 Å². The van der Waals surface area contributed by atoms with Gasteiger partial charge in [-0.05, 0) is 42.8 Å². The maximum atomic E-state index is 12.3. The van der Waals surface area contributed by atoms with Gasteiger partial charge in [0, 0.05) is 5.69 Å². The minimum atomic E-state index is -0.282. The van der Waals surface area contributed by atoms with Gasteiger partial charge < -0.3 is 20.5 Å². The summed E-state index contributed by atoms with van der Waals surface area (Å²) in [6, 6.07) is 10.5. The third-order valence-electron chi connectivity index (χ3n) is 3.18. The van der Waals surface area contributed by atoms with E-state index < -0.39 is 0 Å². The molecule has 1 amide bonds. The van der Waals surface area contributed by atoms with E-state index in [1.165, 1.54) is 7.11 Å². The molecule has 0 radical (unpaired) electrons. The molecule has 2 rings (SSSR count). The second-order valence-electron chi connectivity index (χ2n) is 4.56. The van der Waals surface area contributed by atoms with Gasteiger partial charge in [0.25, 0.3) is 5.91 Å². The summed E-state index contributed by atoms with van der Waals surface area (Å²) >= 11 is 0. The van der Waals surface area contributed by atoms with Gasteiger partial charge in [-0.25, -0.2) is 0 Å². The van der Waals surface area contributed by atoms with Gasteiger partial charge in [0.05, 0.1) is 25.5 Å². The highest BCUT2D eigenvalue weighted by Gasteiger charge is 2.13. The Morgan fingerprint density at radius 3 is 2.43 bits per heavy atom. The number of amides is 1. The molecule has 0 aromatic heterocycles. The van der Waals surface area contributed by atoms with Gasteiger partial charge in [-0.3, -0.25) is 4.79 Å². The molecule has 0 saturated heterocycles. The number of rotatable bonds is 4. The molecule has 0 aliphatic carbocycles. The molecule has 0 aliphatic heterocycles. The lowest BCUT2D eigenvalue weighted by Crippen LogP contribution is -2.14. The number of benzene rings is 2. The Bertz CT molecular complexity index is 669. The fourth-order valence-corrected chi connectivity index (χ4v) is 2.07. The number of carbonyl (C=O) groups excluding carboxylic acids is 1. The number of nitrogens with two attached hydrogens (primary N) is 1. The summed E-state index contributed by atoms with van der Waals surface area (Å²) in [6.45, 7) is 1.91. The maximum absolute atomic E-state index is 12.3. The van der Waals surface area contributed by atoms with Crippen LogP contribution in [-0.2, 0) is 0 Å². The Morgan fingerprint density at radius 1 is 1.10 bits per heavy atom. The van der Waals surface area contributed by atoms with Crippen molar-refractivity contribution in [3.8, 4) is 11.5 Å². The van der Waals surface area contributed by atoms with Crippen molar-refractivity contribution in [1.82, 2.24) is 0 Å². The Hall–Kier alpha value is -2.69. The van der Waals surface area contributed by atoms with Crippen LogP contribution in [0.1, 0.15) is 15.9 Å². The van der Waals surface area contributed by atoms with Gasteiger partial charge in [-0.15, -0.1) is 0 Å². The number of ether oxygens (including phenoxy) is 2. The van der Waals surface area contributed by atoms with Crippen LogP contribution in [0.3, 0.4) is 0 Å². The number of hydrogen-bond acceptors (Lipinski definition) is 4. The highest BCUT2D eigenvalue weighted by Crippen LogP contribution is 2.26. The average Bonchev–Trinajstić information content (AvgIpc) is 2.47. The number of anilines is 2. The third-order valence-corrected chi connectivity index (χ3v) is 3.18. The van der Waals surface area contributed by atoms with Gasteiger partial charge >= 0.3 is 0 Å². The Morgan fingerprint density at radius 2 is 1.81 bits per heavy atom. The van der Waals surface area contributed by atoms with E-state index in [0.717, 1.165) is 11.3 Å². The van der Waals surface area contributed by atoms with Crippen molar-refractivity contribution in [3.05, 3.63) is 47.5 Å². The topological polar surface area (TPSA) is 73.6 Å². The lowest BCUT2D eigenvalue weighted by molar-refractivity contribution is 0.102. The molecule has 5 nitrogen and oxygen atoms in total. The van der Waals surface area contributed by atoms with Crippen molar-refractivity contribution >= 4 is 17.3 Å². The minimum Gasteiger partial charge on any atom is -0.496 e. The molecule has 0 atom stereocenters. The molecule has 110 valence electrons. The quantitative estimate of drug-likeness (QED) is 0.848. The molecule has 0 spiro atoms. The Balaban J connectivity index is 2.24. The first-order valence-corrected chi connectivity index (χ1v) is 6.45. The summed E-state index contributed by atoms with van der Waals surface area (Å²) in [5, 5.41) is 2.81. The largest absolute Gasteiger partial charge is 0.496 e. The fraction of sp³-hybridized carbons (Fsp3) is 0.188. The normalized spacial score (nSPS) is 10.0. The molecule has 5 heteroatoms. The van der Waals surface area contributed by atoms with Crippen LogP contribution in [0.25, 0.3) is 0 Å². The van der Waals surface area contributed by atoms with Gasteiger partial charge in [0.2, 0.25) is 0 Å². The molecule has 0 aliphatic rings. The number of methoxy groups -OCH3 is 2. The fourth-order valence-electron chi connectivity index (χ4n) is 2.07. The van der Waals surface area contributed by atoms with Crippen LogP contribution in [0.15, 0.2) is 36.4 Å². The Kier molecular flexibility index (Phi) is 4.33. The zero-order valence-electron chi connectivity index (χ0n) is 12.3. The van der Waals surface area contributed by atoms with Crippen molar-refractivity contribution in [2.45, 2.75) is 6.92 Å². The van der Waals surface area contributed by atoms with E-state index in [0.29, 0.717) is 22.7 Å². The second kappa shape index (κ2) is 6.17. The minimum absolute atomic E-state index is 0.282. The van der Waals surface area contributed by atoms with Gasteiger partial charge in [0.15, 0.2) is 0 Å². The first-order valence-electron chi connectivity index (χ1n) is 6.45. The van der Waals surface area contributed by atoms with Crippen LogP contribution in [0.4, 0.5) is 11.4 Å². The van der Waals surface area contributed by atoms with Crippen molar-refractivity contribution in [2.75, 3.05) is 25.3 Å². The Labute approximate surface area is 123 Å². The van der Waals surface area contributed by atoms with E-state index in [1.807, 2.05) is 13.0 Å². The SMILES string of the molecule is COc1ccc(NC(=O)c2cccc(OC)c2N)cc1C. The summed E-state index contributed by atoms with van der Waals surface area (Å²) in [6.07, 6.45) is 0. The van der Waals surface area contributed by atoms with E-state index >= 15 is 0 Å². The molecule has 0 saturated carbocycles. The average molecular weight is 286 g/mol. The van der Waals surface area contributed by atoms with Crippen molar-refractivity contribution in [1.29, 1.82) is 0 Å².